The topological polar surface area (TPSA) is 116 Å². The summed E-state index contributed by atoms with van der Waals surface area (Å²) in [6.07, 6.45) is -1.81. The van der Waals surface area contributed by atoms with E-state index >= 15 is 0 Å². The first-order valence-electron chi connectivity index (χ1n) is 10.2. The van der Waals surface area contributed by atoms with Gasteiger partial charge in [-0.1, -0.05) is 12.5 Å². The first kappa shape index (κ1) is 23.2. The molecule has 1 fully saturated rings. The highest BCUT2D eigenvalue weighted by molar-refractivity contribution is 5.78. The zero-order chi connectivity index (χ0) is 23.3. The van der Waals surface area contributed by atoms with Crippen LogP contribution >= 0.6 is 0 Å². The number of alkyl halides is 3. The molecule has 2 aromatic rings. The van der Waals surface area contributed by atoms with Crippen molar-refractivity contribution < 1.29 is 18.0 Å². The van der Waals surface area contributed by atoms with E-state index < -0.39 is 11.7 Å². The number of hydrogen-bond acceptors (Lipinski definition) is 7. The molecular formula is C21H24F3N7O. The zero-order valence-electron chi connectivity index (χ0n) is 17.8. The molecule has 32 heavy (non-hydrogen) atoms. The lowest BCUT2D eigenvalue weighted by molar-refractivity contribution is -0.138. The Kier molecular flexibility index (Phi) is 7.12. The highest BCUT2D eigenvalue weighted by Crippen LogP contribution is 2.33. The summed E-state index contributed by atoms with van der Waals surface area (Å²) < 4.78 is 40.0. The third-order valence-electron chi connectivity index (χ3n) is 5.35. The predicted octanol–water partition coefficient (Wildman–Crippen LogP) is 3.40. The molecule has 0 radical (unpaired) electrons. The van der Waals surface area contributed by atoms with E-state index in [4.69, 9.17) is 5.26 Å². The minimum absolute atomic E-state index is 0.0355. The van der Waals surface area contributed by atoms with Crippen molar-refractivity contribution in [3.8, 4) is 6.07 Å². The van der Waals surface area contributed by atoms with Gasteiger partial charge in [0.15, 0.2) is 0 Å². The molecule has 1 saturated carbocycles. The first-order chi connectivity index (χ1) is 15.2. The molecule has 2 atom stereocenters. The number of carbonyl (C=O) groups is 1. The van der Waals surface area contributed by atoms with Crippen LogP contribution in [-0.4, -0.2) is 33.9 Å². The van der Waals surface area contributed by atoms with Crippen LogP contribution in [-0.2, 0) is 17.5 Å². The average Bonchev–Trinajstić information content (AvgIpc) is 2.76. The molecule has 1 aromatic heterocycles. The molecule has 8 nitrogen and oxygen atoms in total. The number of benzene rings is 1. The number of halogens is 3. The zero-order valence-corrected chi connectivity index (χ0v) is 17.8. The van der Waals surface area contributed by atoms with Crippen molar-refractivity contribution in [1.29, 1.82) is 5.26 Å². The number of rotatable bonds is 6. The molecule has 2 unspecified atom stereocenters. The van der Waals surface area contributed by atoms with Crippen LogP contribution in [0.3, 0.4) is 0 Å². The maximum atomic E-state index is 13.3. The highest BCUT2D eigenvalue weighted by atomic mass is 19.4. The fraction of sp³-hybridized carbons (Fsp3) is 0.476. The van der Waals surface area contributed by atoms with Crippen molar-refractivity contribution in [1.82, 2.24) is 20.3 Å². The van der Waals surface area contributed by atoms with Crippen LogP contribution in [0.4, 0.5) is 25.1 Å². The van der Waals surface area contributed by atoms with Crippen molar-refractivity contribution in [2.75, 3.05) is 17.7 Å². The summed E-state index contributed by atoms with van der Waals surface area (Å²) in [4.78, 5) is 25.4. The van der Waals surface area contributed by atoms with Gasteiger partial charge < -0.3 is 16.0 Å². The van der Waals surface area contributed by atoms with Gasteiger partial charge in [0.2, 0.25) is 17.8 Å². The van der Waals surface area contributed by atoms with Crippen molar-refractivity contribution in [3.05, 3.63) is 40.7 Å². The second kappa shape index (κ2) is 9.80. The van der Waals surface area contributed by atoms with Crippen LogP contribution in [0.25, 0.3) is 0 Å². The number of nitriles is 1. The molecule has 3 rings (SSSR count). The molecule has 0 saturated heterocycles. The summed E-state index contributed by atoms with van der Waals surface area (Å²) in [5.41, 5.74) is -1.07. The molecule has 1 aliphatic carbocycles. The van der Waals surface area contributed by atoms with Crippen molar-refractivity contribution in [2.24, 2.45) is 5.92 Å². The van der Waals surface area contributed by atoms with E-state index in [9.17, 15) is 18.0 Å². The number of aryl methyl sites for hydroxylation is 1. The lowest BCUT2D eigenvalue weighted by Gasteiger charge is -2.29. The first-order valence-corrected chi connectivity index (χ1v) is 10.2. The highest BCUT2D eigenvalue weighted by Gasteiger charge is 2.34. The Morgan fingerprint density at radius 3 is 2.66 bits per heavy atom. The van der Waals surface area contributed by atoms with Gasteiger partial charge >= 0.3 is 6.18 Å². The Hall–Kier alpha value is -3.42. The second-order valence-electron chi connectivity index (χ2n) is 7.68. The summed E-state index contributed by atoms with van der Waals surface area (Å²) in [5, 5.41) is 17.6. The van der Waals surface area contributed by atoms with Gasteiger partial charge in [0, 0.05) is 25.6 Å². The Bertz CT molecular complexity index is 1020. The molecule has 11 heteroatoms. The van der Waals surface area contributed by atoms with Crippen LogP contribution in [0.5, 0.6) is 0 Å². The van der Waals surface area contributed by atoms with E-state index in [-0.39, 0.29) is 35.5 Å². The summed E-state index contributed by atoms with van der Waals surface area (Å²) in [5.74, 6) is 0.783. The number of anilines is 2. The largest absolute Gasteiger partial charge is 0.416 e. The van der Waals surface area contributed by atoms with E-state index in [1.807, 2.05) is 0 Å². The number of aromatic nitrogens is 3. The van der Waals surface area contributed by atoms with Gasteiger partial charge in [0.1, 0.15) is 5.82 Å². The van der Waals surface area contributed by atoms with Crippen LogP contribution in [0.15, 0.2) is 18.2 Å². The molecule has 1 aliphatic rings. The van der Waals surface area contributed by atoms with Gasteiger partial charge in [-0.25, -0.2) is 0 Å². The molecule has 3 N–H and O–H groups in total. The normalized spacial score (nSPS) is 18.5. The Morgan fingerprint density at radius 1 is 1.22 bits per heavy atom. The van der Waals surface area contributed by atoms with E-state index in [2.05, 4.69) is 30.9 Å². The quantitative estimate of drug-likeness (QED) is 0.622. The van der Waals surface area contributed by atoms with Gasteiger partial charge in [-0.2, -0.15) is 33.4 Å². The van der Waals surface area contributed by atoms with E-state index in [1.54, 1.807) is 20.0 Å². The molecule has 0 spiro atoms. The second-order valence-corrected chi connectivity index (χ2v) is 7.68. The summed E-state index contributed by atoms with van der Waals surface area (Å²) in [6.45, 7) is 1.50. The molecule has 1 amide bonds. The number of amides is 1. The summed E-state index contributed by atoms with van der Waals surface area (Å²) in [7, 11) is 1.71. The standard InChI is InChI=1S/C21H24F3N7O/c1-12-28-19(26-2)31-20(29-12)30-16-5-3-4-14(9-16)18(32)27-11-15-7-6-13(10-25)8-17(15)21(22,23)24/h6-8,14,16H,3-5,9,11H2,1-2H3,(H,27,32)(H2,26,28,29,30,31). The minimum atomic E-state index is -4.61. The number of nitrogens with zero attached hydrogens (tertiary/aromatic N) is 4. The van der Waals surface area contributed by atoms with Crippen molar-refractivity contribution in [3.63, 3.8) is 0 Å². The van der Waals surface area contributed by atoms with E-state index in [0.29, 0.717) is 30.6 Å². The van der Waals surface area contributed by atoms with Crippen LogP contribution in [0, 0.1) is 24.2 Å². The van der Waals surface area contributed by atoms with Crippen molar-refractivity contribution in [2.45, 2.75) is 51.4 Å². The van der Waals surface area contributed by atoms with Crippen molar-refractivity contribution >= 4 is 17.8 Å². The molecule has 1 heterocycles. The van der Waals surface area contributed by atoms with Crippen LogP contribution in [0.2, 0.25) is 0 Å². The van der Waals surface area contributed by atoms with Gasteiger partial charge in [-0.05, 0) is 43.9 Å². The molecule has 0 aliphatic heterocycles. The third-order valence-corrected chi connectivity index (χ3v) is 5.35. The number of hydrogen-bond donors (Lipinski definition) is 3. The van der Waals surface area contributed by atoms with Crippen LogP contribution < -0.4 is 16.0 Å². The number of nitrogens with one attached hydrogen (secondary N) is 3. The van der Waals surface area contributed by atoms with Gasteiger partial charge in [0.05, 0.1) is 17.2 Å². The Balaban J connectivity index is 1.63. The lowest BCUT2D eigenvalue weighted by atomic mass is 9.85. The average molecular weight is 447 g/mol. The fourth-order valence-corrected chi connectivity index (χ4v) is 3.79. The Morgan fingerprint density at radius 2 is 1.97 bits per heavy atom. The van der Waals surface area contributed by atoms with Crippen LogP contribution in [0.1, 0.15) is 48.2 Å². The fourth-order valence-electron chi connectivity index (χ4n) is 3.79. The van der Waals surface area contributed by atoms with Gasteiger partial charge in [0.25, 0.3) is 0 Å². The lowest BCUT2D eigenvalue weighted by Crippen LogP contribution is -2.37. The minimum Gasteiger partial charge on any atom is -0.357 e. The maximum absolute atomic E-state index is 13.3. The number of carbonyl (C=O) groups excluding carboxylic acids is 1. The van der Waals surface area contributed by atoms with Gasteiger partial charge in [-0.15, -0.1) is 0 Å². The van der Waals surface area contributed by atoms with E-state index in [0.717, 1.165) is 18.9 Å². The van der Waals surface area contributed by atoms with E-state index in [1.165, 1.54) is 12.1 Å². The smallest absolute Gasteiger partial charge is 0.357 e. The SMILES string of the molecule is CNc1nc(C)nc(NC2CCCC(C(=O)NCc3ccc(C#N)cc3C(F)(F)F)C2)n1. The predicted molar refractivity (Wildman–Crippen MR) is 111 cm³/mol. The molecular weight excluding hydrogens is 423 g/mol. The maximum Gasteiger partial charge on any atom is 0.416 e. The Labute approximate surface area is 183 Å². The van der Waals surface area contributed by atoms with Gasteiger partial charge in [-0.3, -0.25) is 4.79 Å². The summed E-state index contributed by atoms with van der Waals surface area (Å²) in [6, 6.07) is 5.02. The monoisotopic (exact) mass is 447 g/mol. The molecule has 170 valence electrons. The molecule has 1 aromatic carbocycles. The third kappa shape index (κ3) is 5.84. The summed E-state index contributed by atoms with van der Waals surface area (Å²) >= 11 is 0. The molecule has 0 bridgehead atoms.